The number of carbonyl (C=O) groups is 3. The molecule has 0 bridgehead atoms. The Labute approximate surface area is 183 Å². The van der Waals surface area contributed by atoms with Crippen LogP contribution in [-0.2, 0) is 4.79 Å². The largest absolute Gasteiger partial charge is 0.497 e. The Morgan fingerprint density at radius 2 is 1.74 bits per heavy atom. The van der Waals surface area contributed by atoms with E-state index in [9.17, 15) is 14.4 Å². The predicted octanol–water partition coefficient (Wildman–Crippen LogP) is 2.50. The number of likely N-dealkylation sites (N-methyl/N-ethyl adjacent to an activating group) is 1. The van der Waals surface area contributed by atoms with E-state index < -0.39 is 11.8 Å². The number of hydrogen-bond acceptors (Lipinski definition) is 7. The van der Waals surface area contributed by atoms with Gasteiger partial charge in [-0.2, -0.15) is 0 Å². The summed E-state index contributed by atoms with van der Waals surface area (Å²) in [5.41, 5.74) is 1.41. The first-order chi connectivity index (χ1) is 14.9. The Morgan fingerprint density at radius 1 is 1.06 bits per heavy atom. The van der Waals surface area contributed by atoms with Crippen LogP contribution in [0, 0.1) is 0 Å². The molecule has 3 aromatic rings. The minimum atomic E-state index is -0.449. The average Bonchev–Trinajstić information content (AvgIpc) is 3.28. The molecule has 2 aromatic carbocycles. The maximum Gasteiger partial charge on any atom is 0.262 e. The number of carbonyl (C=O) groups excluding carboxylic acids is 3. The van der Waals surface area contributed by atoms with Crippen LogP contribution < -0.4 is 9.64 Å². The lowest BCUT2D eigenvalue weighted by molar-refractivity contribution is -0.119. The summed E-state index contributed by atoms with van der Waals surface area (Å²) in [4.78, 5) is 47.7. The van der Waals surface area contributed by atoms with Crippen molar-refractivity contribution in [1.29, 1.82) is 0 Å². The number of benzene rings is 2. The zero-order valence-electron chi connectivity index (χ0n) is 17.5. The normalized spacial score (nSPS) is 13.2. The van der Waals surface area contributed by atoms with Crippen LogP contribution >= 0.6 is 11.3 Å². The van der Waals surface area contributed by atoms with Gasteiger partial charge in [0, 0.05) is 13.1 Å². The highest BCUT2D eigenvalue weighted by atomic mass is 32.1. The number of anilines is 1. The van der Waals surface area contributed by atoms with Crippen LogP contribution in [-0.4, -0.2) is 73.3 Å². The number of hydrogen-bond donors (Lipinski definition) is 0. The molecule has 31 heavy (non-hydrogen) atoms. The van der Waals surface area contributed by atoms with E-state index in [1.807, 2.05) is 37.2 Å². The van der Waals surface area contributed by atoms with Gasteiger partial charge in [-0.25, -0.2) is 4.98 Å². The zero-order chi connectivity index (χ0) is 22.1. The molecule has 9 heteroatoms. The highest BCUT2D eigenvalue weighted by Gasteiger charge is 2.37. The van der Waals surface area contributed by atoms with E-state index in [4.69, 9.17) is 4.74 Å². The molecule has 4 rings (SSSR count). The molecule has 3 amide bonds. The number of ether oxygens (including phenoxy) is 1. The van der Waals surface area contributed by atoms with Gasteiger partial charge >= 0.3 is 0 Å². The van der Waals surface area contributed by atoms with Gasteiger partial charge in [0.1, 0.15) is 12.3 Å². The van der Waals surface area contributed by atoms with Gasteiger partial charge in [0.2, 0.25) is 5.91 Å². The number of aromatic nitrogens is 1. The molecule has 0 saturated carbocycles. The topological polar surface area (TPSA) is 83.1 Å². The smallest absolute Gasteiger partial charge is 0.262 e. The van der Waals surface area contributed by atoms with Crippen molar-refractivity contribution in [3.05, 3.63) is 53.6 Å². The molecule has 0 unspecified atom stereocenters. The molecule has 1 aromatic heterocycles. The molecule has 0 N–H and O–H groups in total. The molecule has 8 nitrogen and oxygen atoms in total. The van der Waals surface area contributed by atoms with E-state index in [1.165, 1.54) is 11.3 Å². The SMILES string of the molecule is COc1ccc2nc(N(CCN(C)C)C(=O)CN3C(=O)c4ccccc4C3=O)sc2c1. The summed E-state index contributed by atoms with van der Waals surface area (Å²) < 4.78 is 6.16. The van der Waals surface area contributed by atoms with E-state index in [1.54, 1.807) is 36.3 Å². The van der Waals surface area contributed by atoms with Crippen molar-refractivity contribution in [1.82, 2.24) is 14.8 Å². The van der Waals surface area contributed by atoms with Crippen LogP contribution in [0.15, 0.2) is 42.5 Å². The molecule has 2 heterocycles. The van der Waals surface area contributed by atoms with Gasteiger partial charge in [-0.1, -0.05) is 23.5 Å². The van der Waals surface area contributed by atoms with Crippen molar-refractivity contribution >= 4 is 44.4 Å². The fraction of sp³-hybridized carbons (Fsp3) is 0.273. The zero-order valence-corrected chi connectivity index (χ0v) is 18.3. The van der Waals surface area contributed by atoms with Crippen LogP contribution in [0.3, 0.4) is 0 Å². The Morgan fingerprint density at radius 3 is 2.35 bits per heavy atom. The van der Waals surface area contributed by atoms with E-state index in [0.717, 1.165) is 15.1 Å². The molecule has 0 atom stereocenters. The molecule has 1 aliphatic heterocycles. The maximum absolute atomic E-state index is 13.3. The third-order valence-corrected chi connectivity index (χ3v) is 6.10. The molecule has 160 valence electrons. The Bertz CT molecular complexity index is 1140. The summed E-state index contributed by atoms with van der Waals surface area (Å²) in [6.07, 6.45) is 0. The number of methoxy groups -OCH3 is 1. The monoisotopic (exact) mass is 438 g/mol. The van der Waals surface area contributed by atoms with E-state index in [-0.39, 0.29) is 12.5 Å². The highest BCUT2D eigenvalue weighted by molar-refractivity contribution is 7.22. The van der Waals surface area contributed by atoms with Crippen molar-refractivity contribution < 1.29 is 19.1 Å². The Hall–Kier alpha value is -3.30. The second kappa shape index (κ2) is 8.44. The fourth-order valence-corrected chi connectivity index (χ4v) is 4.40. The molecule has 0 aliphatic carbocycles. The van der Waals surface area contributed by atoms with Gasteiger partial charge in [0.15, 0.2) is 5.13 Å². The van der Waals surface area contributed by atoms with Crippen molar-refractivity contribution in [2.45, 2.75) is 0 Å². The summed E-state index contributed by atoms with van der Waals surface area (Å²) in [5, 5.41) is 0.520. The average molecular weight is 439 g/mol. The third kappa shape index (κ3) is 4.01. The number of fused-ring (bicyclic) bond motifs is 2. The van der Waals surface area contributed by atoms with Gasteiger partial charge in [-0.3, -0.25) is 24.2 Å². The third-order valence-electron chi connectivity index (χ3n) is 5.06. The van der Waals surface area contributed by atoms with Crippen molar-refractivity contribution in [3.63, 3.8) is 0 Å². The second-order valence-corrected chi connectivity index (χ2v) is 8.43. The first-order valence-electron chi connectivity index (χ1n) is 9.74. The van der Waals surface area contributed by atoms with Gasteiger partial charge in [0.25, 0.3) is 11.8 Å². The second-order valence-electron chi connectivity index (χ2n) is 7.42. The lowest BCUT2D eigenvalue weighted by Crippen LogP contribution is -2.45. The van der Waals surface area contributed by atoms with Crippen molar-refractivity contribution in [3.8, 4) is 5.75 Å². The molecule has 0 saturated heterocycles. The molecular formula is C22H22N4O4S. The van der Waals surface area contributed by atoms with Gasteiger partial charge < -0.3 is 9.64 Å². The van der Waals surface area contributed by atoms with E-state index in [0.29, 0.717) is 35.1 Å². The van der Waals surface area contributed by atoms with Crippen molar-refractivity contribution in [2.24, 2.45) is 0 Å². The standard InChI is InChI=1S/C22H22N4O4S/c1-24(2)10-11-25(22-23-17-9-8-14(30-3)12-18(17)31-22)19(27)13-26-20(28)15-6-4-5-7-16(15)21(26)29/h4-9,12H,10-11,13H2,1-3H3. The fourth-order valence-electron chi connectivity index (χ4n) is 3.37. The van der Waals surface area contributed by atoms with Crippen LogP contribution in [0.25, 0.3) is 10.2 Å². The molecule has 0 spiro atoms. The number of nitrogens with zero attached hydrogens (tertiary/aromatic N) is 4. The van der Waals surface area contributed by atoms with E-state index in [2.05, 4.69) is 4.98 Å². The van der Waals surface area contributed by atoms with Crippen LogP contribution in [0.1, 0.15) is 20.7 Å². The lowest BCUT2D eigenvalue weighted by Gasteiger charge is -2.24. The van der Waals surface area contributed by atoms with Crippen molar-refractivity contribution in [2.75, 3.05) is 45.7 Å². The van der Waals surface area contributed by atoms with Crippen LogP contribution in [0.4, 0.5) is 5.13 Å². The summed E-state index contributed by atoms with van der Waals surface area (Å²) >= 11 is 1.37. The van der Waals surface area contributed by atoms with Crippen LogP contribution in [0.5, 0.6) is 5.75 Å². The quantitative estimate of drug-likeness (QED) is 0.527. The number of imide groups is 1. The summed E-state index contributed by atoms with van der Waals surface area (Å²) in [6.45, 7) is 0.651. The number of amides is 3. The van der Waals surface area contributed by atoms with E-state index >= 15 is 0 Å². The minimum absolute atomic E-state index is 0.326. The summed E-state index contributed by atoms with van der Waals surface area (Å²) in [7, 11) is 5.42. The maximum atomic E-state index is 13.3. The number of thiazole rings is 1. The molecule has 1 aliphatic rings. The summed E-state index contributed by atoms with van der Waals surface area (Å²) in [5.74, 6) is -0.548. The Balaban J connectivity index is 1.61. The summed E-state index contributed by atoms with van der Waals surface area (Å²) in [6, 6.07) is 12.1. The lowest BCUT2D eigenvalue weighted by atomic mass is 10.1. The first-order valence-corrected chi connectivity index (χ1v) is 10.6. The van der Waals surface area contributed by atoms with Gasteiger partial charge in [-0.15, -0.1) is 0 Å². The Kier molecular flexibility index (Phi) is 5.71. The van der Waals surface area contributed by atoms with Gasteiger partial charge in [-0.05, 0) is 44.4 Å². The molecular weight excluding hydrogens is 416 g/mol. The number of rotatable bonds is 7. The first kappa shape index (κ1) is 21.0. The molecule has 0 radical (unpaired) electrons. The predicted molar refractivity (Wildman–Crippen MR) is 119 cm³/mol. The minimum Gasteiger partial charge on any atom is -0.497 e. The van der Waals surface area contributed by atoms with Crippen LogP contribution in [0.2, 0.25) is 0 Å². The highest BCUT2D eigenvalue weighted by Crippen LogP contribution is 2.32. The van der Waals surface area contributed by atoms with Gasteiger partial charge in [0.05, 0.1) is 28.5 Å². The molecule has 0 fully saturated rings.